The molecule has 1 amide bonds. The molecule has 0 saturated heterocycles. The molecule has 3 aromatic rings. The summed E-state index contributed by atoms with van der Waals surface area (Å²) in [5.41, 5.74) is 1.68. The van der Waals surface area contributed by atoms with E-state index < -0.39 is 0 Å². The number of thiophene rings is 1. The molecular weight excluding hydrogens is 408 g/mol. The lowest BCUT2D eigenvalue weighted by atomic mass is 10.0. The molecule has 0 unspecified atom stereocenters. The van der Waals surface area contributed by atoms with Gasteiger partial charge >= 0.3 is 0 Å². The van der Waals surface area contributed by atoms with E-state index in [2.05, 4.69) is 29.4 Å². The highest BCUT2D eigenvalue weighted by molar-refractivity contribution is 7.99. The van der Waals surface area contributed by atoms with Crippen molar-refractivity contribution in [3.05, 3.63) is 52.7 Å². The Morgan fingerprint density at radius 1 is 1.34 bits per heavy atom. The van der Waals surface area contributed by atoms with E-state index in [4.69, 9.17) is 15.8 Å². The van der Waals surface area contributed by atoms with E-state index in [9.17, 15) is 4.79 Å². The fourth-order valence-corrected chi connectivity index (χ4v) is 3.82. The molecule has 0 saturated carbocycles. The maximum absolute atomic E-state index is 12.1. The third kappa shape index (κ3) is 5.28. The number of anilines is 1. The zero-order valence-electron chi connectivity index (χ0n) is 16.0. The molecule has 0 aliphatic carbocycles. The monoisotopic (exact) mass is 428 g/mol. The number of hydrogen-bond donors (Lipinski definition) is 2. The molecule has 2 heterocycles. The Balaban J connectivity index is 1.52. The van der Waals surface area contributed by atoms with Crippen LogP contribution in [0.5, 0.6) is 5.75 Å². The zero-order chi connectivity index (χ0) is 20.8. The first-order valence-electron chi connectivity index (χ1n) is 8.80. The van der Waals surface area contributed by atoms with Gasteiger partial charge in [-0.3, -0.25) is 4.79 Å². The highest BCUT2D eigenvalue weighted by Gasteiger charge is 2.14. The van der Waals surface area contributed by atoms with Gasteiger partial charge in [-0.2, -0.15) is 5.26 Å². The lowest BCUT2D eigenvalue weighted by Crippen LogP contribution is -2.18. The second kappa shape index (κ2) is 9.45. The average molecular weight is 429 g/mol. The normalized spacial score (nSPS) is 10.7. The minimum Gasteiger partial charge on any atom is -0.486 e. The summed E-state index contributed by atoms with van der Waals surface area (Å²) in [7, 11) is 0. The summed E-state index contributed by atoms with van der Waals surface area (Å²) in [6, 6.07) is 11.6. The van der Waals surface area contributed by atoms with Gasteiger partial charge in [-0.05, 0) is 35.1 Å². The van der Waals surface area contributed by atoms with Crippen LogP contribution in [-0.2, 0) is 11.4 Å². The number of nitrogens with one attached hydrogen (secondary N) is 1. The van der Waals surface area contributed by atoms with Crippen LogP contribution in [0.1, 0.15) is 36.7 Å². The molecule has 0 bridgehead atoms. The zero-order valence-corrected chi connectivity index (χ0v) is 17.6. The summed E-state index contributed by atoms with van der Waals surface area (Å²) in [6.45, 7) is 4.43. The van der Waals surface area contributed by atoms with Crippen LogP contribution in [0.25, 0.3) is 0 Å². The third-order valence-electron chi connectivity index (χ3n) is 4.02. The van der Waals surface area contributed by atoms with Gasteiger partial charge in [-0.25, -0.2) is 4.68 Å². The summed E-state index contributed by atoms with van der Waals surface area (Å²) >= 11 is 2.46. The summed E-state index contributed by atoms with van der Waals surface area (Å²) in [6.07, 6.45) is 0. The van der Waals surface area contributed by atoms with E-state index >= 15 is 0 Å². The molecule has 8 nitrogen and oxygen atoms in total. The molecule has 3 rings (SSSR count). The van der Waals surface area contributed by atoms with Crippen LogP contribution >= 0.6 is 23.1 Å². The first-order chi connectivity index (χ1) is 14.0. The molecule has 0 atom stereocenters. The number of thioether (sulfide) groups is 1. The predicted molar refractivity (Wildman–Crippen MR) is 113 cm³/mol. The fraction of sp³-hybridized carbons (Fsp3) is 0.263. The predicted octanol–water partition coefficient (Wildman–Crippen LogP) is 3.36. The summed E-state index contributed by atoms with van der Waals surface area (Å²) in [4.78, 5) is 12.1. The molecule has 10 heteroatoms. The minimum absolute atomic E-state index is 0.0929. The number of nitrogens with zero attached hydrogens (tertiary/aromatic N) is 4. The van der Waals surface area contributed by atoms with E-state index in [0.717, 1.165) is 17.5 Å². The molecule has 0 spiro atoms. The highest BCUT2D eigenvalue weighted by Crippen LogP contribution is 2.23. The number of rotatable bonds is 8. The van der Waals surface area contributed by atoms with Crippen molar-refractivity contribution in [2.75, 3.05) is 16.9 Å². The Labute approximate surface area is 176 Å². The maximum Gasteiger partial charge on any atom is 0.235 e. The second-order valence-electron chi connectivity index (χ2n) is 6.39. The molecule has 150 valence electrons. The van der Waals surface area contributed by atoms with Gasteiger partial charge in [0.05, 0.1) is 11.3 Å². The molecule has 3 N–H and O–H groups in total. The van der Waals surface area contributed by atoms with Gasteiger partial charge in [0, 0.05) is 0 Å². The van der Waals surface area contributed by atoms with Gasteiger partial charge in [-0.15, -0.1) is 21.5 Å². The van der Waals surface area contributed by atoms with Gasteiger partial charge in [0.25, 0.3) is 0 Å². The average Bonchev–Trinajstić information content (AvgIpc) is 3.31. The number of amides is 1. The smallest absolute Gasteiger partial charge is 0.235 e. The Hall–Kier alpha value is -3.03. The third-order valence-corrected chi connectivity index (χ3v) is 5.79. The Morgan fingerprint density at radius 3 is 2.79 bits per heavy atom. The van der Waals surface area contributed by atoms with Crippen molar-refractivity contribution < 1.29 is 9.53 Å². The molecule has 0 fully saturated rings. The molecule has 0 aliphatic rings. The van der Waals surface area contributed by atoms with Crippen molar-refractivity contribution in [1.82, 2.24) is 14.9 Å². The number of carbonyl (C=O) groups is 1. The maximum atomic E-state index is 12.1. The van der Waals surface area contributed by atoms with Crippen LogP contribution in [0.4, 0.5) is 5.00 Å². The quantitative estimate of drug-likeness (QED) is 0.417. The molecule has 2 aromatic heterocycles. The largest absolute Gasteiger partial charge is 0.486 e. The van der Waals surface area contributed by atoms with Crippen LogP contribution in [0.3, 0.4) is 0 Å². The van der Waals surface area contributed by atoms with E-state index in [1.165, 1.54) is 21.6 Å². The van der Waals surface area contributed by atoms with Crippen molar-refractivity contribution in [2.45, 2.75) is 31.5 Å². The lowest BCUT2D eigenvalue weighted by Gasteiger charge is -2.09. The number of carbonyl (C=O) groups excluding carboxylic acids is 1. The first kappa shape index (κ1) is 20.7. The number of hydrogen-bond acceptors (Lipinski definition) is 8. The summed E-state index contributed by atoms with van der Waals surface area (Å²) in [5.74, 6) is 7.49. The molecular formula is C19H20N6O2S2. The summed E-state index contributed by atoms with van der Waals surface area (Å²) < 4.78 is 7.03. The van der Waals surface area contributed by atoms with Gasteiger partial charge in [-0.1, -0.05) is 37.7 Å². The first-order valence-corrected chi connectivity index (χ1v) is 10.7. The van der Waals surface area contributed by atoms with Crippen molar-refractivity contribution in [3.8, 4) is 11.8 Å². The number of benzene rings is 1. The standard InChI is InChI=1S/C19H20N6O2S2/c1-12(2)13-3-5-15(6-4-13)27-10-16-23-24-19(25(16)21)29-11-17(26)22-18-14(9-20)7-8-28-18/h3-8,12H,10-11,21H2,1-2H3,(H,22,26). The van der Waals surface area contributed by atoms with Crippen LogP contribution in [-0.4, -0.2) is 26.5 Å². The van der Waals surface area contributed by atoms with Gasteiger partial charge in [0.2, 0.25) is 11.1 Å². The van der Waals surface area contributed by atoms with Crippen molar-refractivity contribution in [3.63, 3.8) is 0 Å². The van der Waals surface area contributed by atoms with Crippen LogP contribution in [0.15, 0.2) is 40.9 Å². The fourth-order valence-electron chi connectivity index (χ4n) is 2.39. The lowest BCUT2D eigenvalue weighted by molar-refractivity contribution is -0.113. The van der Waals surface area contributed by atoms with Gasteiger partial charge < -0.3 is 15.9 Å². The van der Waals surface area contributed by atoms with Gasteiger partial charge in [0.1, 0.15) is 23.4 Å². The highest BCUT2D eigenvalue weighted by atomic mass is 32.2. The number of aromatic nitrogens is 3. The Bertz CT molecular complexity index is 1020. The van der Waals surface area contributed by atoms with Crippen LogP contribution in [0, 0.1) is 11.3 Å². The number of nitrogens with two attached hydrogens (primary N) is 1. The van der Waals surface area contributed by atoms with Crippen molar-refractivity contribution >= 4 is 34.0 Å². The minimum atomic E-state index is -0.250. The van der Waals surface area contributed by atoms with E-state index in [1.807, 2.05) is 30.3 Å². The summed E-state index contributed by atoms with van der Waals surface area (Å²) in [5, 5.41) is 22.4. The van der Waals surface area contributed by atoms with Crippen LogP contribution in [0.2, 0.25) is 0 Å². The topological polar surface area (TPSA) is 119 Å². The van der Waals surface area contributed by atoms with Gasteiger partial charge in [0.15, 0.2) is 5.82 Å². The Kier molecular flexibility index (Phi) is 6.74. The van der Waals surface area contributed by atoms with Crippen molar-refractivity contribution in [1.29, 1.82) is 5.26 Å². The molecule has 0 radical (unpaired) electrons. The van der Waals surface area contributed by atoms with E-state index in [-0.39, 0.29) is 18.3 Å². The van der Waals surface area contributed by atoms with E-state index in [0.29, 0.717) is 27.5 Å². The van der Waals surface area contributed by atoms with E-state index in [1.54, 1.807) is 11.4 Å². The molecule has 1 aromatic carbocycles. The number of nitriles is 1. The molecule has 0 aliphatic heterocycles. The number of nitrogen functional groups attached to an aromatic ring is 1. The van der Waals surface area contributed by atoms with Crippen LogP contribution < -0.4 is 15.9 Å². The SMILES string of the molecule is CC(C)c1ccc(OCc2nnc(SCC(=O)Nc3sccc3C#N)n2N)cc1. The Morgan fingerprint density at radius 2 is 2.10 bits per heavy atom. The van der Waals surface area contributed by atoms with Crippen molar-refractivity contribution in [2.24, 2.45) is 0 Å². The second-order valence-corrected chi connectivity index (χ2v) is 8.25. The number of ether oxygens (including phenoxy) is 1. The molecule has 29 heavy (non-hydrogen) atoms.